The summed E-state index contributed by atoms with van der Waals surface area (Å²) in [5.41, 5.74) is 4.09. The van der Waals surface area contributed by atoms with Gasteiger partial charge in [0.2, 0.25) is 0 Å². The number of hydrogen-bond acceptors (Lipinski definition) is 14. The Balaban J connectivity index is 1.78. The Labute approximate surface area is 341 Å². The van der Waals surface area contributed by atoms with E-state index in [4.69, 9.17) is 37.9 Å². The summed E-state index contributed by atoms with van der Waals surface area (Å²) in [7, 11) is 0. The predicted molar refractivity (Wildman–Crippen MR) is 212 cm³/mol. The first-order valence-corrected chi connectivity index (χ1v) is 19.3. The maximum absolute atomic E-state index is 12.7. The zero-order valence-corrected chi connectivity index (χ0v) is 33.5. The molecule has 4 aromatic rings. The SMILES string of the molecule is CCOC(=O)COc1c2cccc1Cc1cccc(c1OCC(=O)OCC)Cc1cc([N+](=O)[O-])cc(c1OCC(=O)OCC)Cc1cccc(c1OCC(=O)OCC)C2. The molecule has 5 rings (SSSR count). The fraction of sp³-hybridized carbons (Fsp3) is 0.364. The van der Waals surface area contributed by atoms with E-state index in [1.807, 2.05) is 30.3 Å². The number of nitrogens with zero attached hydrogens (tertiary/aromatic N) is 1. The number of carbonyl (C=O) groups is 4. The van der Waals surface area contributed by atoms with E-state index >= 15 is 0 Å². The summed E-state index contributed by atoms with van der Waals surface area (Å²) in [6.45, 7) is 5.55. The number of nitro groups is 1. The number of hydrogen-bond donors (Lipinski definition) is 0. The lowest BCUT2D eigenvalue weighted by atomic mass is 9.91. The maximum Gasteiger partial charge on any atom is 0.344 e. The Kier molecular flexibility index (Phi) is 15.6. The molecule has 4 aromatic carbocycles. The van der Waals surface area contributed by atoms with Crippen LogP contribution in [0.2, 0.25) is 0 Å². The molecule has 0 unspecified atom stereocenters. The molecule has 15 nitrogen and oxygen atoms in total. The maximum atomic E-state index is 12.7. The highest BCUT2D eigenvalue weighted by Crippen LogP contribution is 2.40. The smallest absolute Gasteiger partial charge is 0.344 e. The number of nitro benzene ring substituents is 1. The highest BCUT2D eigenvalue weighted by molar-refractivity contribution is 5.73. The lowest BCUT2D eigenvalue weighted by Gasteiger charge is -2.22. The molecule has 1 aliphatic rings. The van der Waals surface area contributed by atoms with Crippen molar-refractivity contribution in [2.45, 2.75) is 53.4 Å². The van der Waals surface area contributed by atoms with E-state index in [9.17, 15) is 29.3 Å². The van der Waals surface area contributed by atoms with Crippen molar-refractivity contribution >= 4 is 29.6 Å². The van der Waals surface area contributed by atoms with Gasteiger partial charge >= 0.3 is 23.9 Å². The van der Waals surface area contributed by atoms with E-state index in [0.717, 1.165) is 0 Å². The Bertz CT molecular complexity index is 2050. The van der Waals surface area contributed by atoms with Crippen molar-refractivity contribution in [3.63, 3.8) is 0 Å². The first kappa shape index (κ1) is 43.5. The van der Waals surface area contributed by atoms with Gasteiger partial charge < -0.3 is 37.9 Å². The highest BCUT2D eigenvalue weighted by atomic mass is 16.6. The molecule has 0 atom stereocenters. The molecule has 0 amide bonds. The van der Waals surface area contributed by atoms with E-state index in [2.05, 4.69) is 0 Å². The highest BCUT2D eigenvalue weighted by Gasteiger charge is 2.26. The van der Waals surface area contributed by atoms with Crippen molar-refractivity contribution in [3.8, 4) is 23.0 Å². The minimum Gasteiger partial charge on any atom is -0.481 e. The molecular formula is C44H47NO14. The third-order valence-electron chi connectivity index (χ3n) is 9.06. The molecule has 8 bridgehead atoms. The van der Waals surface area contributed by atoms with Crippen LogP contribution in [-0.4, -0.2) is 81.7 Å². The zero-order valence-electron chi connectivity index (χ0n) is 33.5. The summed E-state index contributed by atoms with van der Waals surface area (Å²) >= 11 is 0. The van der Waals surface area contributed by atoms with Gasteiger partial charge in [-0.25, -0.2) is 19.2 Å². The van der Waals surface area contributed by atoms with Crippen LogP contribution in [0.3, 0.4) is 0 Å². The summed E-state index contributed by atoms with van der Waals surface area (Å²) in [6, 6.07) is 19.0. The van der Waals surface area contributed by atoms with Crippen molar-refractivity contribution in [2.75, 3.05) is 52.9 Å². The average molecular weight is 814 g/mol. The number of fused-ring (bicyclic) bond motifs is 8. The molecule has 0 spiro atoms. The number of para-hydroxylation sites is 3. The van der Waals surface area contributed by atoms with Gasteiger partial charge in [0.15, 0.2) is 26.4 Å². The predicted octanol–water partition coefficient (Wildman–Crippen LogP) is 6.04. The van der Waals surface area contributed by atoms with Crippen molar-refractivity contribution in [2.24, 2.45) is 0 Å². The second-order valence-corrected chi connectivity index (χ2v) is 13.1. The Morgan fingerprint density at radius 2 is 0.695 bits per heavy atom. The van der Waals surface area contributed by atoms with Gasteiger partial charge in [-0.1, -0.05) is 54.6 Å². The monoisotopic (exact) mass is 813 g/mol. The van der Waals surface area contributed by atoms with Crippen LogP contribution in [0, 0.1) is 10.1 Å². The van der Waals surface area contributed by atoms with Gasteiger partial charge in [-0.3, -0.25) is 10.1 Å². The van der Waals surface area contributed by atoms with Crippen molar-refractivity contribution in [3.05, 3.63) is 121 Å². The second kappa shape index (κ2) is 21.2. The van der Waals surface area contributed by atoms with E-state index in [0.29, 0.717) is 61.8 Å². The molecule has 59 heavy (non-hydrogen) atoms. The third kappa shape index (κ3) is 11.7. The molecule has 0 saturated carbocycles. The molecule has 1 aliphatic carbocycles. The second-order valence-electron chi connectivity index (χ2n) is 13.1. The molecule has 0 heterocycles. The van der Waals surface area contributed by atoms with E-state index in [1.165, 1.54) is 12.1 Å². The fourth-order valence-electron chi connectivity index (χ4n) is 6.75. The Morgan fingerprint density at radius 3 is 0.932 bits per heavy atom. The van der Waals surface area contributed by atoms with Gasteiger partial charge in [0, 0.05) is 48.9 Å². The van der Waals surface area contributed by atoms with E-state index in [-0.39, 0.29) is 70.2 Å². The molecule has 0 aliphatic heterocycles. The fourth-order valence-corrected chi connectivity index (χ4v) is 6.75. The number of benzene rings is 4. The van der Waals surface area contributed by atoms with Crippen molar-refractivity contribution in [1.82, 2.24) is 0 Å². The van der Waals surface area contributed by atoms with Crippen LogP contribution in [0.4, 0.5) is 5.69 Å². The van der Waals surface area contributed by atoms with E-state index in [1.54, 1.807) is 52.0 Å². The quantitative estimate of drug-likeness (QED) is 0.0458. The molecule has 0 N–H and O–H groups in total. The van der Waals surface area contributed by atoms with E-state index < -0.39 is 48.6 Å². The van der Waals surface area contributed by atoms with Crippen LogP contribution in [0.1, 0.15) is 72.2 Å². The minimum absolute atomic E-state index is 0.00263. The summed E-state index contributed by atoms with van der Waals surface area (Å²) in [5.74, 6) is -1.17. The molecular weight excluding hydrogens is 766 g/mol. The third-order valence-corrected chi connectivity index (χ3v) is 9.06. The van der Waals surface area contributed by atoms with Crippen LogP contribution >= 0.6 is 0 Å². The van der Waals surface area contributed by atoms with Gasteiger partial charge in [0.25, 0.3) is 5.69 Å². The molecule has 15 heteroatoms. The largest absolute Gasteiger partial charge is 0.481 e. The molecule has 0 fully saturated rings. The first-order chi connectivity index (χ1) is 28.5. The van der Waals surface area contributed by atoms with Crippen LogP contribution in [0.5, 0.6) is 23.0 Å². The Morgan fingerprint density at radius 1 is 0.458 bits per heavy atom. The summed E-state index contributed by atoms with van der Waals surface area (Å²) in [5, 5.41) is 12.5. The topological polar surface area (TPSA) is 185 Å². The Hall–Kier alpha value is -6.64. The zero-order chi connectivity index (χ0) is 42.3. The van der Waals surface area contributed by atoms with Crippen LogP contribution in [0.25, 0.3) is 0 Å². The van der Waals surface area contributed by atoms with Crippen LogP contribution < -0.4 is 18.9 Å². The van der Waals surface area contributed by atoms with Gasteiger partial charge in [-0.15, -0.1) is 0 Å². The van der Waals surface area contributed by atoms with Crippen molar-refractivity contribution < 1.29 is 62.0 Å². The van der Waals surface area contributed by atoms with Crippen LogP contribution in [-0.2, 0) is 63.8 Å². The summed E-state index contributed by atoms with van der Waals surface area (Å²) in [4.78, 5) is 62.5. The number of carbonyl (C=O) groups excluding carboxylic acids is 4. The van der Waals surface area contributed by atoms with Crippen molar-refractivity contribution in [1.29, 1.82) is 0 Å². The van der Waals surface area contributed by atoms with Gasteiger partial charge in [-0.05, 0) is 61.1 Å². The summed E-state index contributed by atoms with van der Waals surface area (Å²) in [6.07, 6.45) is 0.377. The van der Waals surface area contributed by atoms with Gasteiger partial charge in [-0.2, -0.15) is 0 Å². The standard InChI is InChI=1S/C44H47NO14/c1-5-52-37(46)24-56-41-28-12-9-13-29(41)19-31-15-11-17-33(43(31)58-26-39(48)54-7-3)21-35-23-36(45(50)51)22-34(44(35)59-27-40(49)55-8-4)20-32-16-10-14-30(18-28)42(32)57-25-38(47)53-6-2/h9-17,22-23H,5-8,18-21,24-27H2,1-4H3. The summed E-state index contributed by atoms with van der Waals surface area (Å²) < 4.78 is 45.5. The molecule has 0 saturated heterocycles. The lowest BCUT2D eigenvalue weighted by molar-refractivity contribution is -0.385. The lowest BCUT2D eigenvalue weighted by Crippen LogP contribution is -2.18. The average Bonchev–Trinajstić information content (AvgIpc) is 3.19. The molecule has 0 aromatic heterocycles. The molecule has 0 radical (unpaired) electrons. The number of non-ortho nitro benzene ring substituents is 1. The molecule has 312 valence electrons. The first-order valence-electron chi connectivity index (χ1n) is 19.3. The van der Waals surface area contributed by atoms with Crippen LogP contribution in [0.15, 0.2) is 66.7 Å². The number of rotatable bonds is 17. The minimum atomic E-state index is -0.645. The number of esters is 4. The number of ether oxygens (including phenoxy) is 8. The van der Waals surface area contributed by atoms with Gasteiger partial charge in [0.05, 0.1) is 31.4 Å². The van der Waals surface area contributed by atoms with Gasteiger partial charge in [0.1, 0.15) is 23.0 Å². The normalized spacial score (nSPS) is 11.7.